The molecule has 0 aliphatic heterocycles. The standard InChI is InChI=1S/C14H22N4/c1-13(2,3)9-14(4,5)18-11-6-7-16-8-10(11)17-12(18)15/h6-8H,9H2,1-5H3,(H2,15,17). The number of imidazole rings is 1. The number of hydrogen-bond acceptors (Lipinski definition) is 3. The first-order chi connectivity index (χ1) is 8.21. The first-order valence-electron chi connectivity index (χ1n) is 6.29. The Morgan fingerprint density at radius 2 is 1.89 bits per heavy atom. The van der Waals surface area contributed by atoms with Crippen molar-refractivity contribution in [2.45, 2.75) is 46.6 Å². The summed E-state index contributed by atoms with van der Waals surface area (Å²) in [5.41, 5.74) is 8.16. The van der Waals surface area contributed by atoms with Crippen molar-refractivity contribution < 1.29 is 0 Å². The summed E-state index contributed by atoms with van der Waals surface area (Å²) in [5, 5.41) is 0. The van der Waals surface area contributed by atoms with E-state index in [-0.39, 0.29) is 11.0 Å². The molecule has 0 aliphatic carbocycles. The van der Waals surface area contributed by atoms with Crippen LogP contribution in [0.15, 0.2) is 18.5 Å². The molecule has 0 aromatic carbocycles. The number of hydrogen-bond donors (Lipinski definition) is 1. The molecule has 0 amide bonds. The van der Waals surface area contributed by atoms with E-state index in [1.165, 1.54) is 0 Å². The largest absolute Gasteiger partial charge is 0.369 e. The zero-order valence-corrected chi connectivity index (χ0v) is 11.9. The topological polar surface area (TPSA) is 56.7 Å². The second-order valence-electron chi connectivity index (χ2n) is 6.72. The second kappa shape index (κ2) is 3.97. The predicted octanol–water partition coefficient (Wildman–Crippen LogP) is 3.18. The SMILES string of the molecule is CC(C)(C)CC(C)(C)n1c(N)nc2cnccc21. The van der Waals surface area contributed by atoms with E-state index in [0.717, 1.165) is 17.5 Å². The number of nitrogen functional groups attached to an aromatic ring is 1. The molecule has 18 heavy (non-hydrogen) atoms. The summed E-state index contributed by atoms with van der Waals surface area (Å²) >= 11 is 0. The molecule has 0 unspecified atom stereocenters. The molecule has 2 rings (SSSR count). The highest BCUT2D eigenvalue weighted by atomic mass is 15.2. The van der Waals surface area contributed by atoms with E-state index in [2.05, 4.69) is 49.2 Å². The number of anilines is 1. The summed E-state index contributed by atoms with van der Waals surface area (Å²) in [4.78, 5) is 8.48. The van der Waals surface area contributed by atoms with Crippen LogP contribution >= 0.6 is 0 Å². The molecule has 4 nitrogen and oxygen atoms in total. The first kappa shape index (κ1) is 12.9. The maximum Gasteiger partial charge on any atom is 0.201 e. The minimum absolute atomic E-state index is 0.0710. The molecule has 0 radical (unpaired) electrons. The summed E-state index contributed by atoms with van der Waals surface area (Å²) in [6.07, 6.45) is 4.57. The van der Waals surface area contributed by atoms with Gasteiger partial charge in [-0.1, -0.05) is 20.8 Å². The lowest BCUT2D eigenvalue weighted by Gasteiger charge is -2.34. The van der Waals surface area contributed by atoms with Crippen LogP contribution in [0.3, 0.4) is 0 Å². The number of nitrogens with two attached hydrogens (primary N) is 1. The van der Waals surface area contributed by atoms with Crippen LogP contribution in [0.1, 0.15) is 41.0 Å². The molecule has 0 spiro atoms. The van der Waals surface area contributed by atoms with Gasteiger partial charge >= 0.3 is 0 Å². The van der Waals surface area contributed by atoms with Crippen LogP contribution < -0.4 is 5.73 Å². The molecule has 0 atom stereocenters. The van der Waals surface area contributed by atoms with Gasteiger partial charge in [0.05, 0.1) is 11.7 Å². The van der Waals surface area contributed by atoms with E-state index >= 15 is 0 Å². The molecule has 0 aliphatic rings. The van der Waals surface area contributed by atoms with Crippen LogP contribution in [-0.2, 0) is 5.54 Å². The number of aromatic nitrogens is 3. The normalized spacial score (nSPS) is 13.2. The summed E-state index contributed by atoms with van der Waals surface area (Å²) in [7, 11) is 0. The Bertz CT molecular complexity index is 561. The van der Waals surface area contributed by atoms with Crippen molar-refractivity contribution in [1.29, 1.82) is 0 Å². The van der Waals surface area contributed by atoms with Crippen molar-refractivity contribution in [3.63, 3.8) is 0 Å². The fraction of sp³-hybridized carbons (Fsp3) is 0.571. The number of fused-ring (bicyclic) bond motifs is 1. The molecule has 98 valence electrons. The van der Waals surface area contributed by atoms with Gasteiger partial charge in [0, 0.05) is 11.7 Å². The van der Waals surface area contributed by atoms with Crippen molar-refractivity contribution in [2.24, 2.45) is 5.41 Å². The van der Waals surface area contributed by atoms with Crippen LogP contribution in [0.5, 0.6) is 0 Å². The van der Waals surface area contributed by atoms with Crippen molar-refractivity contribution in [3.8, 4) is 0 Å². The third-order valence-electron chi connectivity index (χ3n) is 3.05. The highest BCUT2D eigenvalue weighted by molar-refractivity contribution is 5.77. The Labute approximate surface area is 108 Å². The van der Waals surface area contributed by atoms with Gasteiger partial charge in [-0.15, -0.1) is 0 Å². The molecule has 0 bridgehead atoms. The molecule has 0 saturated carbocycles. The summed E-state index contributed by atoms with van der Waals surface area (Å²) < 4.78 is 2.12. The Hall–Kier alpha value is -1.58. The molecule has 2 heterocycles. The third-order valence-corrected chi connectivity index (χ3v) is 3.05. The molecule has 2 aromatic heterocycles. The van der Waals surface area contributed by atoms with Gasteiger partial charge in [-0.2, -0.15) is 0 Å². The van der Waals surface area contributed by atoms with Crippen LogP contribution in [0.25, 0.3) is 11.0 Å². The van der Waals surface area contributed by atoms with Gasteiger partial charge in [0.2, 0.25) is 5.95 Å². The van der Waals surface area contributed by atoms with E-state index in [9.17, 15) is 0 Å². The minimum Gasteiger partial charge on any atom is -0.369 e. The lowest BCUT2D eigenvalue weighted by molar-refractivity contribution is 0.222. The van der Waals surface area contributed by atoms with Crippen molar-refractivity contribution in [2.75, 3.05) is 5.73 Å². The summed E-state index contributed by atoms with van der Waals surface area (Å²) in [5.74, 6) is 0.562. The maximum absolute atomic E-state index is 6.08. The fourth-order valence-electron chi connectivity index (χ4n) is 2.96. The molecule has 2 aromatic rings. The lowest BCUT2D eigenvalue weighted by Crippen LogP contribution is -2.32. The molecular weight excluding hydrogens is 224 g/mol. The number of rotatable bonds is 2. The number of nitrogens with zero attached hydrogens (tertiary/aromatic N) is 3. The van der Waals surface area contributed by atoms with Crippen molar-refractivity contribution >= 4 is 17.0 Å². The monoisotopic (exact) mass is 246 g/mol. The smallest absolute Gasteiger partial charge is 0.201 e. The third kappa shape index (κ3) is 2.33. The molecule has 4 heteroatoms. The van der Waals surface area contributed by atoms with Gasteiger partial charge in [0.15, 0.2) is 0 Å². The highest BCUT2D eigenvalue weighted by Gasteiger charge is 2.30. The van der Waals surface area contributed by atoms with Crippen LogP contribution in [0.2, 0.25) is 0 Å². The quantitative estimate of drug-likeness (QED) is 0.885. The molecule has 0 saturated heterocycles. The van der Waals surface area contributed by atoms with E-state index in [1.807, 2.05) is 6.07 Å². The Morgan fingerprint density at radius 3 is 2.50 bits per heavy atom. The predicted molar refractivity (Wildman–Crippen MR) is 75.3 cm³/mol. The number of pyridine rings is 1. The second-order valence-corrected chi connectivity index (χ2v) is 6.72. The zero-order chi connectivity index (χ0) is 13.6. The Kier molecular flexibility index (Phi) is 2.84. The average Bonchev–Trinajstić information content (AvgIpc) is 2.49. The van der Waals surface area contributed by atoms with E-state index in [1.54, 1.807) is 12.4 Å². The molecule has 0 fully saturated rings. The Morgan fingerprint density at radius 1 is 1.22 bits per heavy atom. The van der Waals surface area contributed by atoms with Gasteiger partial charge < -0.3 is 10.3 Å². The highest BCUT2D eigenvalue weighted by Crippen LogP contribution is 2.35. The van der Waals surface area contributed by atoms with Gasteiger partial charge in [-0.05, 0) is 31.7 Å². The van der Waals surface area contributed by atoms with E-state index in [4.69, 9.17) is 5.73 Å². The maximum atomic E-state index is 6.08. The van der Waals surface area contributed by atoms with Gasteiger partial charge in [0.1, 0.15) is 5.52 Å². The van der Waals surface area contributed by atoms with E-state index < -0.39 is 0 Å². The first-order valence-corrected chi connectivity index (χ1v) is 6.29. The van der Waals surface area contributed by atoms with Gasteiger partial charge in [0.25, 0.3) is 0 Å². The van der Waals surface area contributed by atoms with Crippen LogP contribution in [0.4, 0.5) is 5.95 Å². The summed E-state index contributed by atoms with van der Waals surface area (Å²) in [6, 6.07) is 1.98. The van der Waals surface area contributed by atoms with Crippen LogP contribution in [0, 0.1) is 5.41 Å². The van der Waals surface area contributed by atoms with Gasteiger partial charge in [-0.3, -0.25) is 4.98 Å². The fourth-order valence-corrected chi connectivity index (χ4v) is 2.96. The zero-order valence-electron chi connectivity index (χ0n) is 11.9. The Balaban J connectivity index is 2.56. The van der Waals surface area contributed by atoms with Crippen molar-refractivity contribution in [3.05, 3.63) is 18.5 Å². The van der Waals surface area contributed by atoms with E-state index in [0.29, 0.717) is 5.95 Å². The molecule has 2 N–H and O–H groups in total. The average molecular weight is 246 g/mol. The van der Waals surface area contributed by atoms with Crippen LogP contribution in [-0.4, -0.2) is 14.5 Å². The molecular formula is C14H22N4. The van der Waals surface area contributed by atoms with Gasteiger partial charge in [-0.25, -0.2) is 4.98 Å². The van der Waals surface area contributed by atoms with Crippen molar-refractivity contribution in [1.82, 2.24) is 14.5 Å². The summed E-state index contributed by atoms with van der Waals surface area (Å²) in [6.45, 7) is 11.1. The minimum atomic E-state index is -0.0710. The lowest BCUT2D eigenvalue weighted by atomic mass is 9.81.